The highest BCUT2D eigenvalue weighted by Gasteiger charge is 2.01. The first kappa shape index (κ1) is 9.29. The van der Waals surface area contributed by atoms with Crippen LogP contribution >= 0.6 is 11.8 Å². The molecule has 64 valence electrons. The molecule has 0 saturated heterocycles. The molecular formula is C9H11NOS. The fourth-order valence-electron chi connectivity index (χ4n) is 0.907. The van der Waals surface area contributed by atoms with Crippen molar-refractivity contribution in [1.82, 2.24) is 0 Å². The van der Waals surface area contributed by atoms with Crippen molar-refractivity contribution >= 4 is 16.9 Å². The predicted octanol–water partition coefficient (Wildman–Crippen LogP) is 1.41. The van der Waals surface area contributed by atoms with Gasteiger partial charge < -0.3 is 5.73 Å². The van der Waals surface area contributed by atoms with E-state index in [2.05, 4.69) is 0 Å². The fraction of sp³-hybridized carbons (Fsp3) is 0.222. The molecule has 0 aliphatic heterocycles. The van der Waals surface area contributed by atoms with Crippen molar-refractivity contribution in [3.8, 4) is 0 Å². The molecule has 0 spiro atoms. The van der Waals surface area contributed by atoms with E-state index in [4.69, 9.17) is 5.73 Å². The molecule has 0 aromatic heterocycles. The van der Waals surface area contributed by atoms with Crippen LogP contribution < -0.4 is 5.73 Å². The number of carbonyl (C=O) groups is 1. The summed E-state index contributed by atoms with van der Waals surface area (Å²) in [4.78, 5) is 11.1. The lowest BCUT2D eigenvalue weighted by molar-refractivity contribution is -0.110. The van der Waals surface area contributed by atoms with Crippen LogP contribution in [0.3, 0.4) is 0 Å². The molecule has 1 aromatic rings. The van der Waals surface area contributed by atoms with Crippen LogP contribution in [0.2, 0.25) is 0 Å². The lowest BCUT2D eigenvalue weighted by Crippen LogP contribution is -2.02. The zero-order chi connectivity index (χ0) is 8.81. The van der Waals surface area contributed by atoms with Crippen LogP contribution in [0.4, 0.5) is 0 Å². The summed E-state index contributed by atoms with van der Waals surface area (Å²) in [7, 11) is 0. The fourth-order valence-corrected chi connectivity index (χ4v) is 1.36. The third kappa shape index (κ3) is 3.07. The summed E-state index contributed by atoms with van der Waals surface area (Å²) in [6.45, 7) is 0. The van der Waals surface area contributed by atoms with E-state index in [9.17, 15) is 4.79 Å². The van der Waals surface area contributed by atoms with Crippen LogP contribution in [0.1, 0.15) is 5.56 Å². The Kier molecular flexibility index (Phi) is 3.84. The highest BCUT2D eigenvalue weighted by molar-refractivity contribution is 8.13. The summed E-state index contributed by atoms with van der Waals surface area (Å²) in [5, 5.41) is 0.128. The summed E-state index contributed by atoms with van der Waals surface area (Å²) >= 11 is 1.16. The first-order chi connectivity index (χ1) is 5.83. The number of benzene rings is 1. The topological polar surface area (TPSA) is 43.1 Å². The Balaban J connectivity index is 2.47. The number of hydrogen-bond donors (Lipinski definition) is 1. The summed E-state index contributed by atoms with van der Waals surface area (Å²) in [6.07, 6.45) is 0.475. The van der Waals surface area contributed by atoms with Gasteiger partial charge in [0.15, 0.2) is 5.12 Å². The second-order valence-electron chi connectivity index (χ2n) is 2.35. The van der Waals surface area contributed by atoms with Gasteiger partial charge in [-0.2, -0.15) is 0 Å². The Labute approximate surface area is 76.2 Å². The van der Waals surface area contributed by atoms with Crippen molar-refractivity contribution in [3.63, 3.8) is 0 Å². The summed E-state index contributed by atoms with van der Waals surface area (Å²) in [5.74, 6) is 0.367. The highest BCUT2D eigenvalue weighted by Crippen LogP contribution is 2.06. The molecule has 0 heterocycles. The average Bonchev–Trinajstić information content (AvgIpc) is 2.06. The van der Waals surface area contributed by atoms with Crippen molar-refractivity contribution in [2.45, 2.75) is 6.42 Å². The molecule has 1 rings (SSSR count). The Morgan fingerprint density at radius 3 is 2.58 bits per heavy atom. The van der Waals surface area contributed by atoms with Crippen molar-refractivity contribution in [2.75, 3.05) is 5.88 Å². The van der Waals surface area contributed by atoms with Gasteiger partial charge >= 0.3 is 0 Å². The molecule has 3 heteroatoms. The Morgan fingerprint density at radius 2 is 2.00 bits per heavy atom. The third-order valence-electron chi connectivity index (χ3n) is 1.44. The molecule has 0 amide bonds. The van der Waals surface area contributed by atoms with Crippen LogP contribution in [-0.4, -0.2) is 11.0 Å². The molecule has 12 heavy (non-hydrogen) atoms. The van der Waals surface area contributed by atoms with Crippen LogP contribution in [0.25, 0.3) is 0 Å². The number of hydrogen-bond acceptors (Lipinski definition) is 3. The van der Waals surface area contributed by atoms with Gasteiger partial charge in [-0.25, -0.2) is 0 Å². The van der Waals surface area contributed by atoms with Gasteiger partial charge in [0.05, 0.1) is 0 Å². The van der Waals surface area contributed by atoms with Crippen molar-refractivity contribution in [3.05, 3.63) is 35.9 Å². The molecule has 0 atom stereocenters. The molecule has 0 unspecified atom stereocenters. The van der Waals surface area contributed by atoms with Gasteiger partial charge in [0.1, 0.15) is 0 Å². The summed E-state index contributed by atoms with van der Waals surface area (Å²) in [5.41, 5.74) is 6.27. The van der Waals surface area contributed by atoms with Crippen LogP contribution in [-0.2, 0) is 11.2 Å². The SMILES string of the molecule is NCSC(=O)Cc1ccccc1. The highest BCUT2D eigenvalue weighted by atomic mass is 32.2. The Morgan fingerprint density at radius 1 is 1.33 bits per heavy atom. The van der Waals surface area contributed by atoms with E-state index in [1.165, 1.54) is 0 Å². The predicted molar refractivity (Wildman–Crippen MR) is 51.8 cm³/mol. The van der Waals surface area contributed by atoms with E-state index in [1.54, 1.807) is 0 Å². The van der Waals surface area contributed by atoms with Crippen molar-refractivity contribution in [1.29, 1.82) is 0 Å². The summed E-state index contributed by atoms with van der Waals surface area (Å²) in [6, 6.07) is 9.67. The van der Waals surface area contributed by atoms with Gasteiger partial charge in [0.25, 0.3) is 0 Å². The maximum atomic E-state index is 11.1. The number of carbonyl (C=O) groups excluding carboxylic acids is 1. The van der Waals surface area contributed by atoms with Gasteiger partial charge in [0, 0.05) is 12.3 Å². The maximum Gasteiger partial charge on any atom is 0.194 e. The molecule has 0 bridgehead atoms. The largest absolute Gasteiger partial charge is 0.322 e. The van der Waals surface area contributed by atoms with Gasteiger partial charge in [-0.3, -0.25) is 4.79 Å². The van der Waals surface area contributed by atoms with E-state index in [1.807, 2.05) is 30.3 Å². The first-order valence-electron chi connectivity index (χ1n) is 3.72. The lowest BCUT2D eigenvalue weighted by Gasteiger charge is -1.97. The zero-order valence-electron chi connectivity index (χ0n) is 6.69. The van der Waals surface area contributed by atoms with E-state index in [-0.39, 0.29) is 5.12 Å². The van der Waals surface area contributed by atoms with Gasteiger partial charge in [-0.1, -0.05) is 42.1 Å². The standard InChI is InChI=1S/C9H11NOS/c10-7-12-9(11)6-8-4-2-1-3-5-8/h1-5H,6-7,10H2. The second-order valence-corrected chi connectivity index (χ2v) is 3.42. The molecule has 0 aliphatic rings. The Bertz CT molecular complexity index is 248. The minimum atomic E-state index is 0.128. The molecule has 2 N–H and O–H groups in total. The molecular weight excluding hydrogens is 170 g/mol. The van der Waals surface area contributed by atoms with Gasteiger partial charge in [0.2, 0.25) is 0 Å². The minimum Gasteiger partial charge on any atom is -0.322 e. The molecule has 0 aliphatic carbocycles. The maximum absolute atomic E-state index is 11.1. The minimum absolute atomic E-state index is 0.128. The normalized spacial score (nSPS) is 9.75. The number of thioether (sulfide) groups is 1. The van der Waals surface area contributed by atoms with Crippen molar-refractivity contribution < 1.29 is 4.79 Å². The second kappa shape index (κ2) is 4.95. The monoisotopic (exact) mass is 181 g/mol. The third-order valence-corrected chi connectivity index (χ3v) is 2.07. The zero-order valence-corrected chi connectivity index (χ0v) is 7.51. The number of rotatable bonds is 3. The molecule has 0 fully saturated rings. The van der Waals surface area contributed by atoms with Gasteiger partial charge in [-0.15, -0.1) is 0 Å². The van der Waals surface area contributed by atoms with Crippen LogP contribution in [0.15, 0.2) is 30.3 Å². The van der Waals surface area contributed by atoms with Crippen LogP contribution in [0.5, 0.6) is 0 Å². The number of nitrogens with two attached hydrogens (primary N) is 1. The van der Waals surface area contributed by atoms with E-state index >= 15 is 0 Å². The van der Waals surface area contributed by atoms with E-state index < -0.39 is 0 Å². The molecule has 1 aromatic carbocycles. The molecule has 0 radical (unpaired) electrons. The summed E-state index contributed by atoms with van der Waals surface area (Å²) < 4.78 is 0. The first-order valence-corrected chi connectivity index (χ1v) is 4.71. The van der Waals surface area contributed by atoms with E-state index in [0.717, 1.165) is 17.3 Å². The Hall–Kier alpha value is -0.800. The molecule has 2 nitrogen and oxygen atoms in total. The molecule has 0 saturated carbocycles. The van der Waals surface area contributed by atoms with Crippen LogP contribution in [0, 0.1) is 0 Å². The van der Waals surface area contributed by atoms with Crippen molar-refractivity contribution in [2.24, 2.45) is 5.73 Å². The smallest absolute Gasteiger partial charge is 0.194 e. The quantitative estimate of drug-likeness (QED) is 0.717. The average molecular weight is 181 g/mol. The van der Waals surface area contributed by atoms with Gasteiger partial charge in [-0.05, 0) is 5.56 Å². The lowest BCUT2D eigenvalue weighted by atomic mass is 10.2. The van der Waals surface area contributed by atoms with E-state index in [0.29, 0.717) is 12.3 Å².